The second-order valence-corrected chi connectivity index (χ2v) is 9.28. The van der Waals surface area contributed by atoms with Crippen molar-refractivity contribution in [2.45, 2.75) is 12.8 Å². The number of fused-ring (bicyclic) bond motifs is 3. The van der Waals surface area contributed by atoms with Gasteiger partial charge in [0.25, 0.3) is 0 Å². The first-order valence-corrected chi connectivity index (χ1v) is 11.2. The normalized spacial score (nSPS) is 24.7. The molecule has 3 aromatic rings. The van der Waals surface area contributed by atoms with Crippen molar-refractivity contribution in [3.63, 3.8) is 0 Å². The highest BCUT2D eigenvalue weighted by molar-refractivity contribution is 9.10. The predicted molar refractivity (Wildman–Crippen MR) is 125 cm³/mol. The molecule has 1 N–H and O–H groups in total. The van der Waals surface area contributed by atoms with Gasteiger partial charge in [-0.15, -0.1) is 0 Å². The Balaban J connectivity index is 1.64. The molecule has 0 unspecified atom stereocenters. The first-order valence-electron chi connectivity index (χ1n) is 10.4. The highest BCUT2D eigenvalue weighted by atomic mass is 79.9. The summed E-state index contributed by atoms with van der Waals surface area (Å²) in [5.74, 6) is -1.45. The van der Waals surface area contributed by atoms with Gasteiger partial charge >= 0.3 is 5.97 Å². The van der Waals surface area contributed by atoms with Crippen LogP contribution in [-0.4, -0.2) is 24.8 Å². The van der Waals surface area contributed by atoms with Crippen LogP contribution in [0.3, 0.4) is 0 Å². The van der Waals surface area contributed by atoms with Crippen LogP contribution in [0.2, 0.25) is 0 Å². The fraction of sp³-hybridized carbons (Fsp3) is 0.192. The average molecular weight is 506 g/mol. The van der Waals surface area contributed by atoms with Gasteiger partial charge in [0, 0.05) is 21.5 Å². The third-order valence-electron chi connectivity index (χ3n) is 6.79. The zero-order chi connectivity index (χ0) is 23.4. The molecular formula is C26H20BrNO5. The molecule has 3 aromatic carbocycles. The number of esters is 1. The molecule has 1 saturated carbocycles. The molecule has 0 radical (unpaired) electrons. The number of carbonyl (C=O) groups is 3. The number of ether oxygens (including phenoxy) is 2. The molecule has 5 rings (SSSR count). The molecule has 0 saturated heterocycles. The van der Waals surface area contributed by atoms with Crippen molar-refractivity contribution in [1.29, 1.82) is 0 Å². The minimum absolute atomic E-state index is 0.288. The van der Waals surface area contributed by atoms with Crippen LogP contribution in [0.5, 0.6) is 11.5 Å². The van der Waals surface area contributed by atoms with Crippen molar-refractivity contribution >= 4 is 39.3 Å². The Morgan fingerprint density at radius 1 is 1.00 bits per heavy atom. The summed E-state index contributed by atoms with van der Waals surface area (Å²) in [6.07, 6.45) is 0. The summed E-state index contributed by atoms with van der Waals surface area (Å²) in [5.41, 5.74) is -1.52. The highest BCUT2D eigenvalue weighted by Gasteiger charge is 2.88. The van der Waals surface area contributed by atoms with Crippen molar-refractivity contribution in [2.24, 2.45) is 10.8 Å². The van der Waals surface area contributed by atoms with Gasteiger partial charge in [0.15, 0.2) is 11.2 Å². The van der Waals surface area contributed by atoms with Gasteiger partial charge in [-0.2, -0.15) is 0 Å². The van der Waals surface area contributed by atoms with E-state index in [2.05, 4.69) is 21.2 Å². The molecule has 33 heavy (non-hydrogen) atoms. The van der Waals surface area contributed by atoms with Crippen LogP contribution in [0, 0.1) is 10.8 Å². The van der Waals surface area contributed by atoms with Gasteiger partial charge in [-0.05, 0) is 37.3 Å². The maximum atomic E-state index is 13.8. The summed E-state index contributed by atoms with van der Waals surface area (Å²) in [5, 5.41) is 2.82. The molecule has 0 bridgehead atoms. The Morgan fingerprint density at radius 3 is 2.39 bits per heavy atom. The molecule has 1 aliphatic heterocycles. The number of carbonyl (C=O) groups excluding carboxylic acids is 3. The SMILES string of the molecule is COc1ccccc1NC(=O)[C@@]12C(=O)Oc3ccccc3[C@@H]1[C@@]2(C)C(=O)c1ccc(Br)cc1. The second-order valence-electron chi connectivity index (χ2n) is 8.36. The summed E-state index contributed by atoms with van der Waals surface area (Å²) >= 11 is 3.38. The number of hydrogen-bond donors (Lipinski definition) is 1. The predicted octanol–water partition coefficient (Wildman–Crippen LogP) is 4.99. The Hall–Kier alpha value is -3.45. The first kappa shape index (κ1) is 21.4. The number of amides is 1. The monoisotopic (exact) mass is 505 g/mol. The lowest BCUT2D eigenvalue weighted by Crippen LogP contribution is -2.42. The zero-order valence-electron chi connectivity index (χ0n) is 17.9. The van der Waals surface area contributed by atoms with E-state index < -0.39 is 28.6 Å². The van der Waals surface area contributed by atoms with Crippen LogP contribution in [0.4, 0.5) is 5.69 Å². The quantitative estimate of drug-likeness (QED) is 0.228. The van der Waals surface area contributed by atoms with Gasteiger partial charge in [-0.1, -0.05) is 58.4 Å². The number of para-hydroxylation sites is 3. The molecule has 3 atom stereocenters. The van der Waals surface area contributed by atoms with Gasteiger partial charge < -0.3 is 14.8 Å². The van der Waals surface area contributed by atoms with Gasteiger partial charge in [-0.25, -0.2) is 0 Å². The Bertz CT molecular complexity index is 1300. The number of Topliss-reactive ketones (excluding diaryl/α,β-unsaturated/α-hetero) is 1. The van der Waals surface area contributed by atoms with E-state index in [1.807, 2.05) is 6.07 Å². The van der Waals surface area contributed by atoms with E-state index in [0.717, 1.165) is 4.47 Å². The van der Waals surface area contributed by atoms with Gasteiger partial charge in [0.05, 0.1) is 18.2 Å². The standard InChI is InChI=1S/C26H20BrNO5/c1-25(22(29)15-11-13-16(27)14-12-15)21-17-7-3-5-9-19(17)33-24(31)26(21,25)23(30)28-18-8-4-6-10-20(18)32-2/h3-14,21H,1-2H3,(H,28,30)/t21-,25+,26-/m1/s1. The van der Waals surface area contributed by atoms with E-state index >= 15 is 0 Å². The van der Waals surface area contributed by atoms with Crippen molar-refractivity contribution in [3.8, 4) is 11.5 Å². The van der Waals surface area contributed by atoms with Crippen molar-refractivity contribution in [3.05, 3.63) is 88.4 Å². The lowest BCUT2D eigenvalue weighted by Gasteiger charge is -2.23. The van der Waals surface area contributed by atoms with Gasteiger partial charge in [-0.3, -0.25) is 14.4 Å². The average Bonchev–Trinajstić information content (AvgIpc) is 3.43. The molecule has 1 aliphatic carbocycles. The number of nitrogens with one attached hydrogen (secondary N) is 1. The molecule has 166 valence electrons. The lowest BCUT2D eigenvalue weighted by atomic mass is 9.86. The molecule has 1 heterocycles. The van der Waals surface area contributed by atoms with Crippen LogP contribution in [0.15, 0.2) is 77.3 Å². The third-order valence-corrected chi connectivity index (χ3v) is 7.32. The van der Waals surface area contributed by atoms with E-state index in [0.29, 0.717) is 28.3 Å². The van der Waals surface area contributed by atoms with E-state index in [9.17, 15) is 14.4 Å². The number of benzene rings is 3. The van der Waals surface area contributed by atoms with Crippen LogP contribution in [-0.2, 0) is 9.59 Å². The summed E-state index contributed by atoms with van der Waals surface area (Å²) in [6.45, 7) is 1.67. The minimum Gasteiger partial charge on any atom is -0.495 e. The largest absolute Gasteiger partial charge is 0.495 e. The topological polar surface area (TPSA) is 81.7 Å². The molecule has 1 fully saturated rings. The molecule has 1 amide bonds. The molecular weight excluding hydrogens is 486 g/mol. The summed E-state index contributed by atoms with van der Waals surface area (Å²) in [4.78, 5) is 41.1. The number of halogens is 1. The fourth-order valence-corrected chi connectivity index (χ4v) is 5.39. The van der Waals surface area contributed by atoms with Gasteiger partial charge in [0.1, 0.15) is 11.5 Å². The molecule has 7 heteroatoms. The van der Waals surface area contributed by atoms with Crippen LogP contribution >= 0.6 is 15.9 Å². The lowest BCUT2D eigenvalue weighted by molar-refractivity contribution is -0.147. The molecule has 0 spiro atoms. The maximum Gasteiger partial charge on any atom is 0.328 e. The zero-order valence-corrected chi connectivity index (χ0v) is 19.5. The number of hydrogen-bond acceptors (Lipinski definition) is 5. The number of methoxy groups -OCH3 is 1. The second kappa shape index (κ2) is 7.56. The number of anilines is 1. The van der Waals surface area contributed by atoms with E-state index in [1.54, 1.807) is 73.7 Å². The van der Waals surface area contributed by atoms with E-state index in [4.69, 9.17) is 9.47 Å². The van der Waals surface area contributed by atoms with E-state index in [-0.39, 0.29) is 5.78 Å². The summed E-state index contributed by atoms with van der Waals surface area (Å²) < 4.78 is 11.8. The van der Waals surface area contributed by atoms with Crippen LogP contribution < -0.4 is 14.8 Å². The smallest absolute Gasteiger partial charge is 0.328 e. The minimum atomic E-state index is -1.70. The Kier molecular flexibility index (Phi) is 4.90. The fourth-order valence-electron chi connectivity index (χ4n) is 5.13. The van der Waals surface area contributed by atoms with Crippen LogP contribution in [0.1, 0.15) is 28.8 Å². The van der Waals surface area contributed by atoms with Crippen LogP contribution in [0.25, 0.3) is 0 Å². The number of rotatable bonds is 5. The summed E-state index contributed by atoms with van der Waals surface area (Å²) in [6, 6.07) is 20.9. The van der Waals surface area contributed by atoms with E-state index in [1.165, 1.54) is 7.11 Å². The third kappa shape index (κ3) is 2.88. The summed E-state index contributed by atoms with van der Waals surface area (Å²) in [7, 11) is 1.50. The first-order chi connectivity index (χ1) is 15.9. The van der Waals surface area contributed by atoms with Crippen molar-refractivity contribution in [1.82, 2.24) is 0 Å². The highest BCUT2D eigenvalue weighted by Crippen LogP contribution is 2.78. The molecule has 2 aliphatic rings. The Morgan fingerprint density at radius 2 is 1.67 bits per heavy atom. The Labute approximate surface area is 199 Å². The number of ketones is 1. The molecule has 0 aromatic heterocycles. The van der Waals surface area contributed by atoms with Crippen molar-refractivity contribution in [2.75, 3.05) is 12.4 Å². The van der Waals surface area contributed by atoms with Gasteiger partial charge in [0.2, 0.25) is 5.91 Å². The maximum absolute atomic E-state index is 13.8. The molecule has 6 nitrogen and oxygen atoms in total. The van der Waals surface area contributed by atoms with Crippen molar-refractivity contribution < 1.29 is 23.9 Å².